The van der Waals surface area contributed by atoms with Crippen LogP contribution in [0.5, 0.6) is 0 Å². The summed E-state index contributed by atoms with van der Waals surface area (Å²) in [7, 11) is 0. The first-order valence-corrected chi connectivity index (χ1v) is 7.26. The van der Waals surface area contributed by atoms with Crippen LogP contribution in [0.1, 0.15) is 36.3 Å². The van der Waals surface area contributed by atoms with E-state index in [1.165, 1.54) is 0 Å². The van der Waals surface area contributed by atoms with E-state index in [1.54, 1.807) is 19.3 Å². The van der Waals surface area contributed by atoms with Crippen molar-refractivity contribution in [3.05, 3.63) is 66.0 Å². The summed E-state index contributed by atoms with van der Waals surface area (Å²) in [5, 5.41) is 9.63. The number of nitrogens with zero attached hydrogens (tertiary/aromatic N) is 2. The molecule has 2 rings (SSSR count). The lowest BCUT2D eigenvalue weighted by Gasteiger charge is -2.21. The lowest BCUT2D eigenvalue weighted by Crippen LogP contribution is -2.16. The lowest BCUT2D eigenvalue weighted by molar-refractivity contribution is -0.143. The average molecular weight is 294 g/mol. The van der Waals surface area contributed by atoms with Crippen LogP contribution in [-0.2, 0) is 9.53 Å². The summed E-state index contributed by atoms with van der Waals surface area (Å²) in [6.45, 7) is 2.11. The second-order valence-corrected chi connectivity index (χ2v) is 4.92. The van der Waals surface area contributed by atoms with Crippen LogP contribution < -0.4 is 0 Å². The first-order chi connectivity index (χ1) is 10.8. The number of ether oxygens (including phenoxy) is 1. The molecule has 0 radical (unpaired) electrons. The standard InChI is InChI=1S/C18H18N2O2/c1-2-22-18(21)11-16(15-9-6-10-20-13-15)17(12-19)14-7-4-3-5-8-14/h3-10,13,16-17H,2,11H2,1H3. The first kappa shape index (κ1) is 15.7. The molecule has 2 atom stereocenters. The molecule has 112 valence electrons. The van der Waals surface area contributed by atoms with Crippen LogP contribution in [0.2, 0.25) is 0 Å². The zero-order valence-corrected chi connectivity index (χ0v) is 12.5. The quantitative estimate of drug-likeness (QED) is 0.766. The molecule has 0 saturated heterocycles. The van der Waals surface area contributed by atoms with Gasteiger partial charge in [0.25, 0.3) is 0 Å². The van der Waals surface area contributed by atoms with Gasteiger partial charge in [-0.2, -0.15) is 5.26 Å². The van der Waals surface area contributed by atoms with Crippen molar-refractivity contribution < 1.29 is 9.53 Å². The number of esters is 1. The minimum atomic E-state index is -0.421. The van der Waals surface area contributed by atoms with Crippen LogP contribution in [0, 0.1) is 11.3 Å². The van der Waals surface area contributed by atoms with E-state index in [9.17, 15) is 10.1 Å². The predicted octanol–water partition coefficient (Wildman–Crippen LogP) is 3.43. The largest absolute Gasteiger partial charge is 0.466 e. The maximum absolute atomic E-state index is 11.9. The maximum Gasteiger partial charge on any atom is 0.306 e. The van der Waals surface area contributed by atoms with Gasteiger partial charge in [0.2, 0.25) is 0 Å². The highest BCUT2D eigenvalue weighted by Crippen LogP contribution is 2.35. The van der Waals surface area contributed by atoms with Gasteiger partial charge in [-0.25, -0.2) is 0 Å². The van der Waals surface area contributed by atoms with Gasteiger partial charge in [-0.15, -0.1) is 0 Å². The average Bonchev–Trinajstić information content (AvgIpc) is 2.57. The molecular formula is C18H18N2O2. The Balaban J connectivity index is 2.34. The van der Waals surface area contributed by atoms with Gasteiger partial charge in [-0.1, -0.05) is 36.4 Å². The molecule has 22 heavy (non-hydrogen) atoms. The molecule has 0 N–H and O–H groups in total. The van der Waals surface area contributed by atoms with Crippen molar-refractivity contribution in [1.29, 1.82) is 5.26 Å². The van der Waals surface area contributed by atoms with Crippen molar-refractivity contribution in [2.24, 2.45) is 0 Å². The molecular weight excluding hydrogens is 276 g/mol. The van der Waals surface area contributed by atoms with E-state index in [0.29, 0.717) is 6.61 Å². The van der Waals surface area contributed by atoms with Gasteiger partial charge in [0.15, 0.2) is 0 Å². The molecule has 0 saturated carbocycles. The summed E-state index contributed by atoms with van der Waals surface area (Å²) < 4.78 is 5.06. The highest BCUT2D eigenvalue weighted by atomic mass is 16.5. The first-order valence-electron chi connectivity index (χ1n) is 7.26. The number of hydrogen-bond acceptors (Lipinski definition) is 4. The summed E-state index contributed by atoms with van der Waals surface area (Å²) in [6.07, 6.45) is 3.54. The third-order valence-corrected chi connectivity index (χ3v) is 3.50. The third kappa shape index (κ3) is 3.92. The molecule has 4 nitrogen and oxygen atoms in total. The Kier molecular flexibility index (Phi) is 5.67. The fourth-order valence-corrected chi connectivity index (χ4v) is 2.48. The number of benzene rings is 1. The molecule has 1 aromatic heterocycles. The summed E-state index contributed by atoms with van der Waals surface area (Å²) >= 11 is 0. The van der Waals surface area contributed by atoms with Gasteiger partial charge in [0, 0.05) is 18.3 Å². The summed E-state index contributed by atoms with van der Waals surface area (Å²) in [4.78, 5) is 16.0. The van der Waals surface area contributed by atoms with Crippen molar-refractivity contribution in [2.75, 3.05) is 6.61 Å². The summed E-state index contributed by atoms with van der Waals surface area (Å²) in [6, 6.07) is 15.5. The van der Waals surface area contributed by atoms with Crippen LogP contribution >= 0.6 is 0 Å². The van der Waals surface area contributed by atoms with Crippen molar-refractivity contribution in [2.45, 2.75) is 25.2 Å². The van der Waals surface area contributed by atoms with Crippen LogP contribution in [-0.4, -0.2) is 17.6 Å². The van der Waals surface area contributed by atoms with E-state index in [-0.39, 0.29) is 18.3 Å². The molecule has 1 heterocycles. The molecule has 2 aromatic rings. The van der Waals surface area contributed by atoms with E-state index in [4.69, 9.17) is 4.74 Å². The normalized spacial score (nSPS) is 12.9. The maximum atomic E-state index is 11.9. The molecule has 0 bridgehead atoms. The Morgan fingerprint density at radius 1 is 1.23 bits per heavy atom. The van der Waals surface area contributed by atoms with Crippen molar-refractivity contribution in [3.8, 4) is 6.07 Å². The minimum absolute atomic E-state index is 0.159. The number of aromatic nitrogens is 1. The highest BCUT2D eigenvalue weighted by Gasteiger charge is 2.27. The van der Waals surface area contributed by atoms with E-state index in [2.05, 4.69) is 11.1 Å². The molecule has 0 fully saturated rings. The van der Waals surface area contributed by atoms with E-state index in [0.717, 1.165) is 11.1 Å². The van der Waals surface area contributed by atoms with Gasteiger partial charge < -0.3 is 4.74 Å². The Labute approximate surface area is 130 Å². The number of carbonyl (C=O) groups excluding carboxylic acids is 1. The SMILES string of the molecule is CCOC(=O)CC(c1cccnc1)C(C#N)c1ccccc1. The monoisotopic (exact) mass is 294 g/mol. The van der Waals surface area contributed by atoms with E-state index in [1.807, 2.05) is 42.5 Å². The second kappa shape index (κ2) is 7.94. The Hall–Kier alpha value is -2.67. The molecule has 0 aliphatic rings. The number of rotatable bonds is 6. The van der Waals surface area contributed by atoms with Crippen LogP contribution in [0.4, 0.5) is 0 Å². The molecule has 0 aliphatic carbocycles. The van der Waals surface area contributed by atoms with Crippen LogP contribution in [0.3, 0.4) is 0 Å². The van der Waals surface area contributed by atoms with Crippen molar-refractivity contribution in [1.82, 2.24) is 4.98 Å². The fourth-order valence-electron chi connectivity index (χ4n) is 2.48. The predicted molar refractivity (Wildman–Crippen MR) is 83.0 cm³/mol. The number of nitriles is 1. The topological polar surface area (TPSA) is 63.0 Å². The van der Waals surface area contributed by atoms with Gasteiger partial charge >= 0.3 is 5.97 Å². The summed E-state index contributed by atoms with van der Waals surface area (Å²) in [5.74, 6) is -0.998. The van der Waals surface area contributed by atoms with Gasteiger partial charge in [0.05, 0.1) is 25.0 Å². The zero-order chi connectivity index (χ0) is 15.8. The Morgan fingerprint density at radius 3 is 2.55 bits per heavy atom. The minimum Gasteiger partial charge on any atom is -0.466 e. The van der Waals surface area contributed by atoms with Crippen molar-refractivity contribution in [3.63, 3.8) is 0 Å². The molecule has 0 amide bonds. The number of hydrogen-bond donors (Lipinski definition) is 0. The fraction of sp³-hybridized carbons (Fsp3) is 0.278. The number of carbonyl (C=O) groups is 1. The third-order valence-electron chi connectivity index (χ3n) is 3.50. The van der Waals surface area contributed by atoms with Gasteiger partial charge in [-0.3, -0.25) is 9.78 Å². The van der Waals surface area contributed by atoms with Gasteiger partial charge in [0.1, 0.15) is 0 Å². The molecule has 0 aliphatic heterocycles. The molecule has 4 heteroatoms. The van der Waals surface area contributed by atoms with E-state index >= 15 is 0 Å². The van der Waals surface area contributed by atoms with Crippen LogP contribution in [0.25, 0.3) is 0 Å². The zero-order valence-electron chi connectivity index (χ0n) is 12.5. The van der Waals surface area contributed by atoms with Crippen molar-refractivity contribution >= 4 is 5.97 Å². The molecule has 1 aromatic carbocycles. The van der Waals surface area contributed by atoms with Gasteiger partial charge in [-0.05, 0) is 24.1 Å². The lowest BCUT2D eigenvalue weighted by atomic mass is 9.81. The molecule has 2 unspecified atom stereocenters. The summed E-state index contributed by atoms with van der Waals surface area (Å²) in [5.41, 5.74) is 1.76. The second-order valence-electron chi connectivity index (χ2n) is 4.92. The Bertz CT molecular complexity index is 635. The smallest absolute Gasteiger partial charge is 0.306 e. The highest BCUT2D eigenvalue weighted by molar-refractivity contribution is 5.71. The molecule has 0 spiro atoms. The van der Waals surface area contributed by atoms with Crippen LogP contribution in [0.15, 0.2) is 54.9 Å². The Morgan fingerprint density at radius 2 is 1.95 bits per heavy atom. The van der Waals surface area contributed by atoms with E-state index < -0.39 is 5.92 Å². The number of pyridine rings is 1.